The standard InChI is InChI=1S/C16H17N3O5S2/c20-16(18-13-4-2-7-17-10-13)12-3-1-5-15(9-12)26(23,24)19-14-6-8-25(21,22)11-14/h1-5,7,9-10,14,19H,6,8,11H2,(H,18,20)/t14-/m0/s1. The largest absolute Gasteiger partial charge is 0.321 e. The Hall–Kier alpha value is -2.30. The van der Waals surface area contributed by atoms with Gasteiger partial charge in [-0.05, 0) is 36.8 Å². The summed E-state index contributed by atoms with van der Waals surface area (Å²) in [5, 5.41) is 2.62. The Balaban J connectivity index is 1.77. The highest BCUT2D eigenvalue weighted by Gasteiger charge is 2.31. The first-order chi connectivity index (χ1) is 12.3. The van der Waals surface area contributed by atoms with Crippen LogP contribution in [-0.4, -0.2) is 45.3 Å². The Morgan fingerprint density at radius 3 is 2.65 bits per heavy atom. The number of rotatable bonds is 5. The van der Waals surface area contributed by atoms with E-state index in [-0.39, 0.29) is 28.4 Å². The predicted octanol–water partition coefficient (Wildman–Crippen LogP) is 0.799. The van der Waals surface area contributed by atoms with Crippen LogP contribution in [0.2, 0.25) is 0 Å². The molecule has 1 amide bonds. The van der Waals surface area contributed by atoms with E-state index in [1.54, 1.807) is 18.3 Å². The minimum absolute atomic E-state index is 0.0340. The lowest BCUT2D eigenvalue weighted by Crippen LogP contribution is -2.35. The second-order valence-corrected chi connectivity index (χ2v) is 9.89. The lowest BCUT2D eigenvalue weighted by atomic mass is 10.2. The number of carbonyl (C=O) groups excluding carboxylic acids is 1. The SMILES string of the molecule is O=C(Nc1cccnc1)c1cccc(S(=O)(=O)N[C@H]2CCS(=O)(=O)C2)c1. The quantitative estimate of drug-likeness (QED) is 0.772. The molecule has 1 aromatic carbocycles. The van der Waals surface area contributed by atoms with E-state index in [0.717, 1.165) is 0 Å². The molecule has 0 unspecified atom stereocenters. The first-order valence-corrected chi connectivity index (χ1v) is 11.1. The number of benzene rings is 1. The Kier molecular flexibility index (Phi) is 5.08. The normalized spacial score (nSPS) is 19.2. The molecule has 1 aromatic heterocycles. The summed E-state index contributed by atoms with van der Waals surface area (Å²) in [6.45, 7) is 0. The van der Waals surface area contributed by atoms with Gasteiger partial charge < -0.3 is 5.32 Å². The van der Waals surface area contributed by atoms with Crippen LogP contribution < -0.4 is 10.0 Å². The third-order valence-electron chi connectivity index (χ3n) is 3.88. The molecule has 0 bridgehead atoms. The number of nitrogens with zero attached hydrogens (tertiary/aromatic N) is 1. The lowest BCUT2D eigenvalue weighted by molar-refractivity contribution is 0.102. The maximum atomic E-state index is 12.5. The minimum atomic E-state index is -3.93. The summed E-state index contributed by atoms with van der Waals surface area (Å²) in [6, 6.07) is 8.22. The molecule has 2 aromatic rings. The molecule has 1 atom stereocenters. The summed E-state index contributed by atoms with van der Waals surface area (Å²) in [5.41, 5.74) is 0.649. The molecule has 0 saturated carbocycles. The molecule has 10 heteroatoms. The molecule has 26 heavy (non-hydrogen) atoms. The summed E-state index contributed by atoms with van der Waals surface area (Å²) < 4.78 is 50.3. The number of sulfonamides is 1. The zero-order valence-corrected chi connectivity index (χ0v) is 15.3. The van der Waals surface area contributed by atoms with Crippen LogP contribution >= 0.6 is 0 Å². The van der Waals surface area contributed by atoms with Gasteiger partial charge in [0.15, 0.2) is 9.84 Å². The van der Waals surface area contributed by atoms with Gasteiger partial charge in [0.2, 0.25) is 10.0 Å². The van der Waals surface area contributed by atoms with Crippen LogP contribution in [0.5, 0.6) is 0 Å². The molecule has 8 nitrogen and oxygen atoms in total. The van der Waals surface area contributed by atoms with Crippen molar-refractivity contribution in [3.05, 3.63) is 54.4 Å². The number of pyridine rings is 1. The van der Waals surface area contributed by atoms with Crippen LogP contribution in [0.1, 0.15) is 16.8 Å². The molecule has 0 aliphatic carbocycles. The van der Waals surface area contributed by atoms with Crippen molar-refractivity contribution in [3.8, 4) is 0 Å². The highest BCUT2D eigenvalue weighted by atomic mass is 32.2. The third kappa shape index (κ3) is 4.45. The molecule has 2 N–H and O–H groups in total. The molecule has 138 valence electrons. The van der Waals surface area contributed by atoms with E-state index in [0.29, 0.717) is 5.69 Å². The zero-order chi connectivity index (χ0) is 18.8. The number of hydrogen-bond donors (Lipinski definition) is 2. The first kappa shape index (κ1) is 18.5. The lowest BCUT2D eigenvalue weighted by Gasteiger charge is -2.12. The minimum Gasteiger partial charge on any atom is -0.321 e. The maximum absolute atomic E-state index is 12.5. The fourth-order valence-corrected chi connectivity index (χ4v) is 5.71. The van der Waals surface area contributed by atoms with Gasteiger partial charge in [0.1, 0.15) is 0 Å². The highest BCUT2D eigenvalue weighted by molar-refractivity contribution is 7.92. The van der Waals surface area contributed by atoms with Crippen molar-refractivity contribution in [1.29, 1.82) is 0 Å². The van der Waals surface area contributed by atoms with E-state index in [4.69, 9.17) is 0 Å². The Bertz CT molecular complexity index is 1020. The number of carbonyl (C=O) groups is 1. The van der Waals surface area contributed by atoms with Gasteiger partial charge in [0.25, 0.3) is 5.91 Å². The number of aromatic nitrogens is 1. The maximum Gasteiger partial charge on any atom is 0.255 e. The van der Waals surface area contributed by atoms with Crippen molar-refractivity contribution in [2.75, 3.05) is 16.8 Å². The van der Waals surface area contributed by atoms with E-state index < -0.39 is 31.8 Å². The van der Waals surface area contributed by atoms with Gasteiger partial charge >= 0.3 is 0 Å². The molecule has 1 aliphatic rings. The molecule has 3 rings (SSSR count). The van der Waals surface area contributed by atoms with E-state index in [9.17, 15) is 21.6 Å². The van der Waals surface area contributed by atoms with Gasteiger partial charge in [-0.1, -0.05) is 6.07 Å². The average Bonchev–Trinajstić information content (AvgIpc) is 2.93. The van der Waals surface area contributed by atoms with Gasteiger partial charge in [-0.2, -0.15) is 0 Å². The second kappa shape index (κ2) is 7.14. The molecular weight excluding hydrogens is 378 g/mol. The predicted molar refractivity (Wildman–Crippen MR) is 96.0 cm³/mol. The topological polar surface area (TPSA) is 122 Å². The van der Waals surface area contributed by atoms with Crippen LogP contribution in [0.15, 0.2) is 53.7 Å². The van der Waals surface area contributed by atoms with E-state index >= 15 is 0 Å². The van der Waals surface area contributed by atoms with Gasteiger partial charge in [-0.3, -0.25) is 9.78 Å². The second-order valence-electron chi connectivity index (χ2n) is 5.94. The van der Waals surface area contributed by atoms with Crippen molar-refractivity contribution in [1.82, 2.24) is 9.71 Å². The zero-order valence-electron chi connectivity index (χ0n) is 13.6. The summed E-state index contributed by atoms with van der Waals surface area (Å²) in [7, 11) is -7.13. The van der Waals surface area contributed by atoms with Crippen molar-refractivity contribution in [2.45, 2.75) is 17.4 Å². The summed E-state index contributed by atoms with van der Waals surface area (Å²) in [4.78, 5) is 16.1. The molecule has 2 heterocycles. The van der Waals surface area contributed by atoms with E-state index in [2.05, 4.69) is 15.0 Å². The molecule has 0 radical (unpaired) electrons. The molecular formula is C16H17N3O5S2. The van der Waals surface area contributed by atoms with Crippen molar-refractivity contribution < 1.29 is 21.6 Å². The van der Waals surface area contributed by atoms with Crippen LogP contribution in [0, 0.1) is 0 Å². The van der Waals surface area contributed by atoms with E-state index in [1.165, 1.54) is 30.5 Å². The number of amides is 1. The summed E-state index contributed by atoms with van der Waals surface area (Å²) in [5.74, 6) is -0.722. The fourth-order valence-electron chi connectivity index (χ4n) is 2.62. The smallest absolute Gasteiger partial charge is 0.255 e. The van der Waals surface area contributed by atoms with Gasteiger partial charge in [-0.25, -0.2) is 21.6 Å². The summed E-state index contributed by atoms with van der Waals surface area (Å²) >= 11 is 0. The van der Waals surface area contributed by atoms with Gasteiger partial charge in [0, 0.05) is 17.8 Å². The molecule has 1 aliphatic heterocycles. The third-order valence-corrected chi connectivity index (χ3v) is 7.17. The Morgan fingerprint density at radius 1 is 1.19 bits per heavy atom. The summed E-state index contributed by atoms with van der Waals surface area (Å²) in [6.07, 6.45) is 3.28. The average molecular weight is 395 g/mol. The number of sulfone groups is 1. The number of anilines is 1. The van der Waals surface area contributed by atoms with E-state index in [1.807, 2.05) is 0 Å². The Morgan fingerprint density at radius 2 is 2.00 bits per heavy atom. The molecule has 0 spiro atoms. The number of hydrogen-bond acceptors (Lipinski definition) is 6. The Labute approximate surface area is 151 Å². The first-order valence-electron chi connectivity index (χ1n) is 7.79. The molecule has 1 fully saturated rings. The van der Waals surface area contributed by atoms with Gasteiger partial charge in [0.05, 0.1) is 28.3 Å². The van der Waals surface area contributed by atoms with Crippen molar-refractivity contribution >= 4 is 31.5 Å². The fraction of sp³-hybridized carbons (Fsp3) is 0.250. The van der Waals surface area contributed by atoms with Gasteiger partial charge in [-0.15, -0.1) is 0 Å². The number of nitrogens with one attached hydrogen (secondary N) is 2. The van der Waals surface area contributed by atoms with Crippen LogP contribution in [0.3, 0.4) is 0 Å². The van der Waals surface area contributed by atoms with Crippen LogP contribution in [0.4, 0.5) is 5.69 Å². The highest BCUT2D eigenvalue weighted by Crippen LogP contribution is 2.17. The van der Waals surface area contributed by atoms with Crippen LogP contribution in [0.25, 0.3) is 0 Å². The van der Waals surface area contributed by atoms with Crippen molar-refractivity contribution in [2.24, 2.45) is 0 Å². The van der Waals surface area contributed by atoms with Crippen molar-refractivity contribution in [3.63, 3.8) is 0 Å². The monoisotopic (exact) mass is 395 g/mol. The molecule has 1 saturated heterocycles. The van der Waals surface area contributed by atoms with Crippen LogP contribution in [-0.2, 0) is 19.9 Å².